The summed E-state index contributed by atoms with van der Waals surface area (Å²) in [5.74, 6) is 1.64. The summed E-state index contributed by atoms with van der Waals surface area (Å²) in [5, 5.41) is 1.07. The third-order valence-corrected chi connectivity index (χ3v) is 6.40. The first-order valence-corrected chi connectivity index (χ1v) is 11.9. The minimum Gasteiger partial charge on any atom is -0.382 e. The van der Waals surface area contributed by atoms with E-state index >= 15 is 0 Å². The van der Waals surface area contributed by atoms with E-state index < -0.39 is 0 Å². The van der Waals surface area contributed by atoms with E-state index in [4.69, 9.17) is 5.73 Å². The lowest BCUT2D eigenvalue weighted by Gasteiger charge is -2.21. The van der Waals surface area contributed by atoms with Gasteiger partial charge in [0.2, 0.25) is 0 Å². The second-order valence-electron chi connectivity index (χ2n) is 8.48. The number of nitrogen functional groups attached to an aromatic ring is 1. The Morgan fingerprint density at radius 1 is 0.970 bits per heavy atom. The van der Waals surface area contributed by atoms with Gasteiger partial charge in [-0.1, -0.05) is 24.6 Å². The standard InChI is InChI=1S/C27H33N5O/c1-4-31(5-2)21-16-14-20(15-17-21)24(33)13-7-6-10-18-32-19(3)29-25-26(32)22-11-8-9-12-23(22)30-27(25)28/h8-9,11-12,14-17H,4-7,10,13,18H2,1-3H3,(H2,28,30). The molecule has 0 radical (unpaired) electrons. The molecule has 4 rings (SSSR count). The van der Waals surface area contributed by atoms with Gasteiger partial charge in [0.15, 0.2) is 11.6 Å². The van der Waals surface area contributed by atoms with Crippen molar-refractivity contribution in [3.05, 3.63) is 59.9 Å². The molecular formula is C27H33N5O. The molecule has 2 aromatic carbocycles. The van der Waals surface area contributed by atoms with Gasteiger partial charge in [0.1, 0.15) is 11.3 Å². The van der Waals surface area contributed by atoms with Gasteiger partial charge in [0, 0.05) is 42.7 Å². The molecule has 0 aliphatic rings. The highest BCUT2D eigenvalue weighted by atomic mass is 16.1. The number of fused-ring (bicyclic) bond motifs is 3. The van der Waals surface area contributed by atoms with Gasteiger partial charge in [0.25, 0.3) is 0 Å². The van der Waals surface area contributed by atoms with Crippen LogP contribution < -0.4 is 10.6 Å². The highest BCUT2D eigenvalue weighted by molar-refractivity contribution is 6.06. The number of ketones is 1. The second kappa shape index (κ2) is 10.0. The van der Waals surface area contributed by atoms with Crippen LogP contribution in [0.25, 0.3) is 21.9 Å². The van der Waals surface area contributed by atoms with E-state index in [0.717, 1.165) is 72.2 Å². The van der Waals surface area contributed by atoms with Gasteiger partial charge in [-0.25, -0.2) is 9.97 Å². The number of benzene rings is 2. The van der Waals surface area contributed by atoms with E-state index in [2.05, 4.69) is 51.5 Å². The van der Waals surface area contributed by atoms with Gasteiger partial charge in [-0.3, -0.25) is 4.79 Å². The van der Waals surface area contributed by atoms with E-state index in [9.17, 15) is 4.79 Å². The fourth-order valence-electron chi connectivity index (χ4n) is 4.57. The summed E-state index contributed by atoms with van der Waals surface area (Å²) in [7, 11) is 0. The minimum atomic E-state index is 0.218. The van der Waals surface area contributed by atoms with Crippen LogP contribution in [-0.2, 0) is 6.54 Å². The number of carbonyl (C=O) groups excluding carboxylic acids is 1. The number of anilines is 2. The van der Waals surface area contributed by atoms with Crippen LogP contribution in [0.5, 0.6) is 0 Å². The summed E-state index contributed by atoms with van der Waals surface area (Å²) >= 11 is 0. The molecule has 0 atom stereocenters. The van der Waals surface area contributed by atoms with Crippen LogP contribution in [-0.4, -0.2) is 33.4 Å². The van der Waals surface area contributed by atoms with Crippen LogP contribution in [0.15, 0.2) is 48.5 Å². The summed E-state index contributed by atoms with van der Waals surface area (Å²) in [5.41, 5.74) is 10.9. The van der Waals surface area contributed by atoms with Crippen molar-refractivity contribution in [1.29, 1.82) is 0 Å². The van der Waals surface area contributed by atoms with Gasteiger partial charge in [-0.05, 0) is 63.9 Å². The van der Waals surface area contributed by atoms with E-state index in [-0.39, 0.29) is 5.78 Å². The van der Waals surface area contributed by atoms with E-state index in [0.29, 0.717) is 12.2 Å². The van der Waals surface area contributed by atoms with Gasteiger partial charge >= 0.3 is 0 Å². The van der Waals surface area contributed by atoms with Crippen LogP contribution in [0.4, 0.5) is 11.5 Å². The molecule has 0 bridgehead atoms. The Morgan fingerprint density at radius 2 is 1.70 bits per heavy atom. The zero-order valence-electron chi connectivity index (χ0n) is 19.8. The fourth-order valence-corrected chi connectivity index (χ4v) is 4.57. The molecule has 0 aliphatic heterocycles. The van der Waals surface area contributed by atoms with Gasteiger partial charge in [-0.2, -0.15) is 0 Å². The third kappa shape index (κ3) is 4.70. The number of aromatic nitrogens is 3. The van der Waals surface area contributed by atoms with Gasteiger partial charge in [-0.15, -0.1) is 0 Å². The zero-order chi connectivity index (χ0) is 23.4. The Morgan fingerprint density at radius 3 is 2.42 bits per heavy atom. The molecule has 2 heterocycles. The van der Waals surface area contributed by atoms with Crippen LogP contribution in [0.2, 0.25) is 0 Å². The molecule has 172 valence electrons. The lowest BCUT2D eigenvalue weighted by molar-refractivity contribution is 0.0979. The molecule has 33 heavy (non-hydrogen) atoms. The number of hydrogen-bond acceptors (Lipinski definition) is 5. The number of imidazole rings is 1. The number of nitrogens with zero attached hydrogens (tertiary/aromatic N) is 4. The van der Waals surface area contributed by atoms with Crippen molar-refractivity contribution in [2.24, 2.45) is 0 Å². The van der Waals surface area contributed by atoms with E-state index in [1.165, 1.54) is 5.69 Å². The quantitative estimate of drug-likeness (QED) is 0.249. The number of pyridine rings is 1. The number of Topliss-reactive ketones (excluding diaryl/α,β-unsaturated/α-hetero) is 1. The Labute approximate surface area is 195 Å². The Hall–Kier alpha value is -3.41. The highest BCUT2D eigenvalue weighted by Crippen LogP contribution is 2.29. The van der Waals surface area contributed by atoms with Crippen molar-refractivity contribution in [3.63, 3.8) is 0 Å². The molecule has 0 unspecified atom stereocenters. The molecule has 0 aliphatic carbocycles. The molecule has 2 N–H and O–H groups in total. The summed E-state index contributed by atoms with van der Waals surface area (Å²) in [4.78, 5) is 24.1. The first-order chi connectivity index (χ1) is 16.0. The van der Waals surface area contributed by atoms with Crippen molar-refractivity contribution >= 4 is 39.2 Å². The largest absolute Gasteiger partial charge is 0.382 e. The Bertz CT molecular complexity index is 1260. The summed E-state index contributed by atoms with van der Waals surface area (Å²) in [6.07, 6.45) is 3.43. The van der Waals surface area contributed by atoms with Crippen molar-refractivity contribution < 1.29 is 4.79 Å². The van der Waals surface area contributed by atoms with E-state index in [1.807, 2.05) is 37.3 Å². The smallest absolute Gasteiger partial charge is 0.162 e. The maximum atomic E-state index is 12.6. The van der Waals surface area contributed by atoms with Crippen molar-refractivity contribution in [2.75, 3.05) is 23.7 Å². The molecule has 0 spiro atoms. The molecule has 0 amide bonds. The SMILES string of the molecule is CCN(CC)c1ccc(C(=O)CCCCCn2c(C)nc3c(N)nc4ccccc4c32)cc1. The summed E-state index contributed by atoms with van der Waals surface area (Å²) < 4.78 is 2.24. The Balaban J connectivity index is 1.36. The Kier molecular flexibility index (Phi) is 6.92. The number of hydrogen-bond donors (Lipinski definition) is 1. The molecule has 2 aromatic heterocycles. The van der Waals surface area contributed by atoms with Gasteiger partial charge in [0.05, 0.1) is 11.0 Å². The normalized spacial score (nSPS) is 11.4. The maximum Gasteiger partial charge on any atom is 0.162 e. The van der Waals surface area contributed by atoms with Crippen LogP contribution in [0, 0.1) is 6.92 Å². The molecule has 6 heteroatoms. The van der Waals surface area contributed by atoms with Crippen molar-refractivity contribution in [3.8, 4) is 0 Å². The lowest BCUT2D eigenvalue weighted by atomic mass is 10.0. The fraction of sp³-hybridized carbons (Fsp3) is 0.370. The average Bonchev–Trinajstić information content (AvgIpc) is 3.17. The first kappa shape index (κ1) is 22.8. The third-order valence-electron chi connectivity index (χ3n) is 6.40. The number of para-hydroxylation sites is 1. The van der Waals surface area contributed by atoms with E-state index in [1.54, 1.807) is 0 Å². The number of unbranched alkanes of at least 4 members (excludes halogenated alkanes) is 2. The number of nitrogens with two attached hydrogens (primary N) is 1. The van der Waals surface area contributed by atoms with Crippen LogP contribution >= 0.6 is 0 Å². The molecule has 6 nitrogen and oxygen atoms in total. The monoisotopic (exact) mass is 443 g/mol. The molecule has 0 saturated carbocycles. The van der Waals surface area contributed by atoms with Crippen LogP contribution in [0.3, 0.4) is 0 Å². The summed E-state index contributed by atoms with van der Waals surface area (Å²) in [6, 6.07) is 16.1. The van der Waals surface area contributed by atoms with Crippen molar-refractivity contribution in [1.82, 2.24) is 14.5 Å². The van der Waals surface area contributed by atoms with Gasteiger partial charge < -0.3 is 15.2 Å². The lowest BCUT2D eigenvalue weighted by Crippen LogP contribution is -2.21. The molecular weight excluding hydrogens is 410 g/mol. The topological polar surface area (TPSA) is 77.0 Å². The minimum absolute atomic E-state index is 0.218. The number of carbonyl (C=O) groups is 1. The zero-order valence-corrected chi connectivity index (χ0v) is 19.8. The van der Waals surface area contributed by atoms with Crippen LogP contribution in [0.1, 0.15) is 55.7 Å². The molecule has 4 aromatic rings. The summed E-state index contributed by atoms with van der Waals surface area (Å²) in [6.45, 7) is 9.08. The molecule has 0 fully saturated rings. The number of rotatable bonds is 10. The number of aryl methyl sites for hydroxylation is 2. The average molecular weight is 444 g/mol. The van der Waals surface area contributed by atoms with Crippen molar-refractivity contribution in [2.45, 2.75) is 53.0 Å². The first-order valence-electron chi connectivity index (χ1n) is 11.9. The maximum absolute atomic E-state index is 12.6. The predicted octanol–water partition coefficient (Wildman–Crippen LogP) is 5.76. The second-order valence-corrected chi connectivity index (χ2v) is 8.48. The highest BCUT2D eigenvalue weighted by Gasteiger charge is 2.15. The molecule has 0 saturated heterocycles. The predicted molar refractivity (Wildman–Crippen MR) is 137 cm³/mol.